The Bertz CT molecular complexity index is 673. The zero-order chi connectivity index (χ0) is 15.0. The van der Waals surface area contributed by atoms with Crippen molar-refractivity contribution >= 4 is 11.6 Å². The van der Waals surface area contributed by atoms with E-state index < -0.39 is 0 Å². The first-order valence-electron chi connectivity index (χ1n) is 6.64. The fourth-order valence-corrected chi connectivity index (χ4v) is 2.42. The minimum Gasteiger partial charge on any atom is -0.492 e. The monoisotopic (exact) mass is 273 g/mol. The topological polar surface area (TPSA) is 77.5 Å². The highest BCUT2D eigenvalue weighted by Gasteiger charge is 2.21. The van der Waals surface area contributed by atoms with E-state index in [2.05, 4.69) is 42.7 Å². The molecular formula is C14H19N5O. The molecule has 6 nitrogen and oxygen atoms in total. The summed E-state index contributed by atoms with van der Waals surface area (Å²) in [7, 11) is 0. The van der Waals surface area contributed by atoms with E-state index in [0.717, 1.165) is 0 Å². The number of hydrogen-bond donors (Lipinski definition) is 1. The molecule has 0 amide bonds. The third-order valence-corrected chi connectivity index (χ3v) is 3.24. The van der Waals surface area contributed by atoms with Crippen LogP contribution in [-0.4, -0.2) is 31.8 Å². The Morgan fingerprint density at radius 1 is 1.30 bits per heavy atom. The highest BCUT2D eigenvalue weighted by atomic mass is 16.3. The van der Waals surface area contributed by atoms with Gasteiger partial charge in [-0.3, -0.25) is 0 Å². The van der Waals surface area contributed by atoms with Gasteiger partial charge in [-0.05, 0) is 46.2 Å². The summed E-state index contributed by atoms with van der Waals surface area (Å²) in [4.78, 5) is 6.52. The molecule has 2 rings (SSSR count). The number of hydrogen-bond acceptors (Lipinski definition) is 5. The summed E-state index contributed by atoms with van der Waals surface area (Å²) < 4.78 is 1.32. The molecule has 2 aromatic heterocycles. The van der Waals surface area contributed by atoms with Gasteiger partial charge < -0.3 is 10.0 Å². The molecule has 0 aliphatic carbocycles. The van der Waals surface area contributed by atoms with Crippen LogP contribution in [-0.2, 0) is 0 Å². The molecule has 106 valence electrons. The lowest BCUT2D eigenvalue weighted by Gasteiger charge is -2.29. The molecule has 0 unspecified atom stereocenters. The summed E-state index contributed by atoms with van der Waals surface area (Å²) in [6.45, 7) is 10.0. The van der Waals surface area contributed by atoms with Crippen LogP contribution >= 0.6 is 0 Å². The molecule has 6 heteroatoms. The van der Waals surface area contributed by atoms with Crippen LogP contribution in [0.3, 0.4) is 0 Å². The first-order valence-corrected chi connectivity index (χ1v) is 6.64. The molecule has 20 heavy (non-hydrogen) atoms. The fourth-order valence-electron chi connectivity index (χ4n) is 2.42. The molecule has 0 saturated heterocycles. The maximum atomic E-state index is 10.1. The Hall–Kier alpha value is -2.29. The van der Waals surface area contributed by atoms with Gasteiger partial charge in [-0.2, -0.15) is 14.8 Å². The van der Waals surface area contributed by atoms with E-state index in [4.69, 9.17) is 5.26 Å². The summed E-state index contributed by atoms with van der Waals surface area (Å²) in [5, 5.41) is 23.5. The largest absolute Gasteiger partial charge is 0.492 e. The number of aryl methyl sites for hydroxylation is 1. The molecule has 1 N–H and O–H groups in total. The fraction of sp³-hybridized carbons (Fsp3) is 0.500. The van der Waals surface area contributed by atoms with Crippen LogP contribution < -0.4 is 4.90 Å². The number of anilines is 1. The number of aromatic nitrogens is 3. The Morgan fingerprint density at radius 3 is 2.40 bits per heavy atom. The van der Waals surface area contributed by atoms with Gasteiger partial charge in [0.2, 0.25) is 11.8 Å². The highest BCUT2D eigenvalue weighted by molar-refractivity contribution is 5.56. The number of nitrogens with zero attached hydrogens (tertiary/aromatic N) is 5. The molecule has 0 radical (unpaired) electrons. The number of fused-ring (bicyclic) bond motifs is 1. The maximum absolute atomic E-state index is 10.1. The molecule has 0 spiro atoms. The Morgan fingerprint density at radius 2 is 1.90 bits per heavy atom. The highest BCUT2D eigenvalue weighted by Crippen LogP contribution is 2.24. The summed E-state index contributed by atoms with van der Waals surface area (Å²) in [6.07, 6.45) is 0. The van der Waals surface area contributed by atoms with Gasteiger partial charge in [-0.25, -0.2) is 0 Å². The van der Waals surface area contributed by atoms with Gasteiger partial charge in [-0.1, -0.05) is 0 Å². The number of rotatable bonds is 3. The van der Waals surface area contributed by atoms with E-state index >= 15 is 0 Å². The third kappa shape index (κ3) is 2.16. The van der Waals surface area contributed by atoms with Crippen LogP contribution in [0.1, 0.15) is 38.8 Å². The lowest BCUT2D eigenvalue weighted by atomic mass is 10.2. The lowest BCUT2D eigenvalue weighted by molar-refractivity contribution is 0.433. The quantitative estimate of drug-likeness (QED) is 0.928. The molecule has 0 atom stereocenters. The van der Waals surface area contributed by atoms with Gasteiger partial charge in [0.25, 0.3) is 0 Å². The first kappa shape index (κ1) is 14.1. The van der Waals surface area contributed by atoms with E-state index in [1.54, 1.807) is 13.0 Å². The lowest BCUT2D eigenvalue weighted by Crippen LogP contribution is -2.37. The Balaban J connectivity index is 2.65. The van der Waals surface area contributed by atoms with Gasteiger partial charge in [0.15, 0.2) is 5.65 Å². The van der Waals surface area contributed by atoms with Crippen molar-refractivity contribution in [3.05, 3.63) is 17.2 Å². The molecule has 2 heterocycles. The standard InChI is InChI=1S/C14H19N5O/c1-8(2)18(9(3)4)14-16-12-6-10(5)11(7-15)13(20)19(12)17-14/h6,8-9,20H,1-5H3. The maximum Gasteiger partial charge on any atom is 0.246 e. The molecule has 0 saturated carbocycles. The van der Waals surface area contributed by atoms with Gasteiger partial charge in [-0.15, -0.1) is 5.10 Å². The predicted molar refractivity (Wildman–Crippen MR) is 76.9 cm³/mol. The van der Waals surface area contributed by atoms with Crippen LogP contribution in [0, 0.1) is 18.3 Å². The summed E-state index contributed by atoms with van der Waals surface area (Å²) in [5.41, 5.74) is 1.46. The number of nitriles is 1. The molecule has 0 aliphatic rings. The Kier molecular flexibility index (Phi) is 3.53. The van der Waals surface area contributed by atoms with E-state index in [0.29, 0.717) is 17.2 Å². The van der Waals surface area contributed by atoms with Crippen LogP contribution in [0.25, 0.3) is 5.65 Å². The van der Waals surface area contributed by atoms with Gasteiger partial charge in [0, 0.05) is 12.1 Å². The van der Waals surface area contributed by atoms with Crippen molar-refractivity contribution in [1.29, 1.82) is 5.26 Å². The van der Waals surface area contributed by atoms with Crippen molar-refractivity contribution in [3.8, 4) is 11.9 Å². The van der Waals surface area contributed by atoms with Crippen molar-refractivity contribution in [2.45, 2.75) is 46.7 Å². The van der Waals surface area contributed by atoms with Crippen molar-refractivity contribution in [2.75, 3.05) is 4.90 Å². The minimum atomic E-state index is -0.159. The van der Waals surface area contributed by atoms with E-state index in [1.807, 2.05) is 6.07 Å². The third-order valence-electron chi connectivity index (χ3n) is 3.24. The number of aromatic hydroxyl groups is 1. The predicted octanol–water partition coefficient (Wildman–Crippen LogP) is 2.24. The van der Waals surface area contributed by atoms with Crippen molar-refractivity contribution in [1.82, 2.24) is 14.6 Å². The second-order valence-electron chi connectivity index (χ2n) is 5.41. The smallest absolute Gasteiger partial charge is 0.246 e. The SMILES string of the molecule is Cc1cc2nc(N(C(C)C)C(C)C)nn2c(O)c1C#N. The zero-order valence-corrected chi connectivity index (χ0v) is 12.4. The first-order chi connectivity index (χ1) is 9.36. The van der Waals surface area contributed by atoms with E-state index in [1.165, 1.54) is 4.52 Å². The van der Waals surface area contributed by atoms with Crippen molar-refractivity contribution < 1.29 is 5.11 Å². The van der Waals surface area contributed by atoms with Gasteiger partial charge >= 0.3 is 0 Å². The molecule has 0 fully saturated rings. The van der Waals surface area contributed by atoms with E-state index in [-0.39, 0.29) is 23.5 Å². The van der Waals surface area contributed by atoms with Crippen LogP contribution in [0.15, 0.2) is 6.07 Å². The average Bonchev–Trinajstić information content (AvgIpc) is 2.72. The second kappa shape index (κ2) is 5.00. The molecular weight excluding hydrogens is 254 g/mol. The van der Waals surface area contributed by atoms with Gasteiger partial charge in [0.1, 0.15) is 11.6 Å². The molecule has 0 bridgehead atoms. The number of pyridine rings is 1. The second-order valence-corrected chi connectivity index (χ2v) is 5.41. The molecule has 2 aromatic rings. The summed E-state index contributed by atoms with van der Waals surface area (Å²) >= 11 is 0. The minimum absolute atomic E-state index is 0.159. The Labute approximate surface area is 118 Å². The average molecular weight is 273 g/mol. The van der Waals surface area contributed by atoms with Gasteiger partial charge in [0.05, 0.1) is 0 Å². The van der Waals surface area contributed by atoms with Crippen molar-refractivity contribution in [3.63, 3.8) is 0 Å². The van der Waals surface area contributed by atoms with Crippen LogP contribution in [0.5, 0.6) is 5.88 Å². The molecule has 0 aliphatic heterocycles. The molecule has 0 aromatic carbocycles. The van der Waals surface area contributed by atoms with Crippen LogP contribution in [0.4, 0.5) is 5.95 Å². The van der Waals surface area contributed by atoms with Crippen LogP contribution in [0.2, 0.25) is 0 Å². The van der Waals surface area contributed by atoms with Crippen molar-refractivity contribution in [2.24, 2.45) is 0 Å². The zero-order valence-electron chi connectivity index (χ0n) is 12.4. The normalized spacial score (nSPS) is 11.3. The van der Waals surface area contributed by atoms with E-state index in [9.17, 15) is 5.11 Å². The summed E-state index contributed by atoms with van der Waals surface area (Å²) in [6, 6.07) is 4.23. The summed E-state index contributed by atoms with van der Waals surface area (Å²) in [5.74, 6) is 0.397.